The highest BCUT2D eigenvalue weighted by Gasteiger charge is 2.11. The molecule has 0 saturated heterocycles. The Balaban J connectivity index is 1.70. The van der Waals surface area contributed by atoms with Crippen LogP contribution < -0.4 is 5.32 Å². The summed E-state index contributed by atoms with van der Waals surface area (Å²) in [6.07, 6.45) is 3.16. The van der Waals surface area contributed by atoms with Crippen molar-refractivity contribution in [3.8, 4) is 11.3 Å². The number of aromatic nitrogens is 4. The zero-order valence-corrected chi connectivity index (χ0v) is 12.9. The lowest BCUT2D eigenvalue weighted by Crippen LogP contribution is -2.15. The summed E-state index contributed by atoms with van der Waals surface area (Å²) in [6.45, 7) is 0. The maximum absolute atomic E-state index is 13.5. The van der Waals surface area contributed by atoms with Crippen molar-refractivity contribution < 1.29 is 9.18 Å². The third-order valence-corrected chi connectivity index (χ3v) is 3.62. The fraction of sp³-hybridized carbons (Fsp3) is 0. The molecule has 0 aliphatic heterocycles. The molecular weight excluding hydrogens is 321 g/mol. The predicted molar refractivity (Wildman–Crippen MR) is 90.6 cm³/mol. The van der Waals surface area contributed by atoms with Crippen molar-refractivity contribution in [1.29, 1.82) is 0 Å². The Bertz CT molecular complexity index is 1060. The molecule has 1 N–H and O–H groups in total. The minimum Gasteiger partial charge on any atom is -0.304 e. The average Bonchev–Trinajstić information content (AvgIpc) is 3.06. The SMILES string of the molecule is O=C(Nc1ccc2ncc(-c3cccc(F)c3)n2n1)c1ccccn1. The summed E-state index contributed by atoms with van der Waals surface area (Å²) in [7, 11) is 0. The lowest BCUT2D eigenvalue weighted by Gasteiger charge is -2.06. The van der Waals surface area contributed by atoms with Gasteiger partial charge in [-0.05, 0) is 36.4 Å². The van der Waals surface area contributed by atoms with E-state index in [2.05, 4.69) is 20.4 Å². The quantitative estimate of drug-likeness (QED) is 0.625. The zero-order valence-electron chi connectivity index (χ0n) is 12.9. The van der Waals surface area contributed by atoms with Gasteiger partial charge in [0.2, 0.25) is 0 Å². The molecule has 4 aromatic rings. The number of pyridine rings is 1. The topological polar surface area (TPSA) is 72.2 Å². The van der Waals surface area contributed by atoms with Gasteiger partial charge in [-0.3, -0.25) is 9.78 Å². The molecule has 4 rings (SSSR count). The first-order valence-electron chi connectivity index (χ1n) is 7.54. The molecule has 0 bridgehead atoms. The van der Waals surface area contributed by atoms with E-state index in [0.29, 0.717) is 28.4 Å². The number of carbonyl (C=O) groups is 1. The number of hydrogen-bond acceptors (Lipinski definition) is 4. The van der Waals surface area contributed by atoms with E-state index in [0.717, 1.165) is 0 Å². The highest BCUT2D eigenvalue weighted by atomic mass is 19.1. The summed E-state index contributed by atoms with van der Waals surface area (Å²) >= 11 is 0. The summed E-state index contributed by atoms with van der Waals surface area (Å²) in [6, 6.07) is 14.6. The second kappa shape index (κ2) is 6.12. The molecule has 122 valence electrons. The Morgan fingerprint density at radius 1 is 1.04 bits per heavy atom. The average molecular weight is 333 g/mol. The van der Waals surface area contributed by atoms with E-state index in [-0.39, 0.29) is 11.7 Å². The smallest absolute Gasteiger partial charge is 0.275 e. The Labute approximate surface area is 142 Å². The number of benzene rings is 1. The van der Waals surface area contributed by atoms with Crippen LogP contribution in [0.4, 0.5) is 10.2 Å². The van der Waals surface area contributed by atoms with E-state index in [1.807, 2.05) is 0 Å². The van der Waals surface area contributed by atoms with E-state index in [1.165, 1.54) is 12.1 Å². The molecule has 0 aliphatic rings. The molecule has 1 amide bonds. The van der Waals surface area contributed by atoms with Crippen LogP contribution in [0.5, 0.6) is 0 Å². The maximum Gasteiger partial charge on any atom is 0.275 e. The minimum absolute atomic E-state index is 0.292. The summed E-state index contributed by atoms with van der Waals surface area (Å²) in [4.78, 5) is 20.5. The molecule has 0 fully saturated rings. The van der Waals surface area contributed by atoms with Crippen molar-refractivity contribution in [2.75, 3.05) is 5.32 Å². The van der Waals surface area contributed by atoms with Gasteiger partial charge in [-0.15, -0.1) is 5.10 Å². The summed E-state index contributed by atoms with van der Waals surface area (Å²) < 4.78 is 15.0. The van der Waals surface area contributed by atoms with E-state index in [4.69, 9.17) is 0 Å². The monoisotopic (exact) mass is 333 g/mol. The standard InChI is InChI=1S/C18H12FN5O/c19-13-5-3-4-12(10-13)15-11-21-17-8-7-16(23-24(15)17)22-18(25)14-6-1-2-9-20-14/h1-11H,(H,22,23,25). The molecule has 0 saturated carbocycles. The first kappa shape index (κ1) is 14.9. The van der Waals surface area contributed by atoms with Gasteiger partial charge in [0.15, 0.2) is 11.5 Å². The Hall–Kier alpha value is -3.61. The molecule has 6 nitrogen and oxygen atoms in total. The number of halogens is 1. The first-order chi connectivity index (χ1) is 12.2. The molecule has 0 atom stereocenters. The third kappa shape index (κ3) is 2.94. The molecule has 3 heterocycles. The molecule has 7 heteroatoms. The van der Waals surface area contributed by atoms with Gasteiger partial charge in [-0.2, -0.15) is 0 Å². The van der Waals surface area contributed by atoms with E-state index < -0.39 is 0 Å². The van der Waals surface area contributed by atoms with Crippen molar-refractivity contribution in [3.05, 3.63) is 78.5 Å². The number of hydrogen-bond donors (Lipinski definition) is 1. The first-order valence-corrected chi connectivity index (χ1v) is 7.54. The van der Waals surface area contributed by atoms with Gasteiger partial charge >= 0.3 is 0 Å². The molecule has 0 spiro atoms. The number of nitrogens with one attached hydrogen (secondary N) is 1. The van der Waals surface area contributed by atoms with E-state index >= 15 is 0 Å². The van der Waals surface area contributed by atoms with Gasteiger partial charge < -0.3 is 5.32 Å². The molecule has 0 unspecified atom stereocenters. The normalized spacial score (nSPS) is 10.8. The van der Waals surface area contributed by atoms with Crippen molar-refractivity contribution in [3.63, 3.8) is 0 Å². The zero-order chi connectivity index (χ0) is 17.2. The molecule has 25 heavy (non-hydrogen) atoms. The maximum atomic E-state index is 13.5. The van der Waals surface area contributed by atoms with Crippen LogP contribution in [-0.4, -0.2) is 25.5 Å². The van der Waals surface area contributed by atoms with Gasteiger partial charge in [-0.25, -0.2) is 13.9 Å². The largest absolute Gasteiger partial charge is 0.304 e. The Morgan fingerprint density at radius 2 is 1.96 bits per heavy atom. The predicted octanol–water partition coefficient (Wildman–Crippen LogP) is 3.18. The van der Waals surface area contributed by atoms with Crippen LogP contribution in [0.2, 0.25) is 0 Å². The van der Waals surface area contributed by atoms with Crippen molar-refractivity contribution >= 4 is 17.4 Å². The van der Waals surface area contributed by atoms with Crippen LogP contribution >= 0.6 is 0 Å². The van der Waals surface area contributed by atoms with Crippen molar-refractivity contribution in [2.45, 2.75) is 0 Å². The molecule has 0 radical (unpaired) electrons. The van der Waals surface area contributed by atoms with Crippen LogP contribution in [0, 0.1) is 5.82 Å². The lowest BCUT2D eigenvalue weighted by atomic mass is 10.2. The number of imidazole rings is 1. The van der Waals surface area contributed by atoms with Crippen LogP contribution in [0.3, 0.4) is 0 Å². The second-order valence-corrected chi connectivity index (χ2v) is 5.31. The number of nitrogens with zero attached hydrogens (tertiary/aromatic N) is 4. The van der Waals surface area contributed by atoms with Gasteiger partial charge in [0.1, 0.15) is 11.5 Å². The Morgan fingerprint density at radius 3 is 2.76 bits per heavy atom. The fourth-order valence-electron chi connectivity index (χ4n) is 2.46. The van der Waals surface area contributed by atoms with Gasteiger partial charge in [0.25, 0.3) is 5.91 Å². The van der Waals surface area contributed by atoms with Gasteiger partial charge in [-0.1, -0.05) is 18.2 Å². The molecule has 3 aromatic heterocycles. The number of rotatable bonds is 3. The number of amides is 1. The number of carbonyl (C=O) groups excluding carboxylic acids is 1. The highest BCUT2D eigenvalue weighted by molar-refractivity contribution is 6.02. The van der Waals surface area contributed by atoms with Crippen LogP contribution in [0.25, 0.3) is 16.9 Å². The summed E-state index contributed by atoms with van der Waals surface area (Å²) in [5.74, 6) is -0.356. The summed E-state index contributed by atoms with van der Waals surface area (Å²) in [5, 5.41) is 7.07. The van der Waals surface area contributed by atoms with Crippen molar-refractivity contribution in [1.82, 2.24) is 19.6 Å². The van der Waals surface area contributed by atoms with E-state index in [1.54, 1.807) is 59.4 Å². The molecular formula is C18H12FN5O. The van der Waals surface area contributed by atoms with Gasteiger partial charge in [0, 0.05) is 11.8 Å². The lowest BCUT2D eigenvalue weighted by molar-refractivity contribution is 0.102. The third-order valence-electron chi connectivity index (χ3n) is 3.62. The van der Waals surface area contributed by atoms with Crippen LogP contribution in [0.1, 0.15) is 10.5 Å². The van der Waals surface area contributed by atoms with E-state index in [9.17, 15) is 9.18 Å². The fourth-order valence-corrected chi connectivity index (χ4v) is 2.46. The highest BCUT2D eigenvalue weighted by Crippen LogP contribution is 2.21. The van der Waals surface area contributed by atoms with Crippen LogP contribution in [0.15, 0.2) is 67.0 Å². The van der Waals surface area contributed by atoms with Gasteiger partial charge in [0.05, 0.1) is 11.9 Å². The Kier molecular flexibility index (Phi) is 3.66. The van der Waals surface area contributed by atoms with Crippen molar-refractivity contribution in [2.24, 2.45) is 0 Å². The minimum atomic E-state index is -0.361. The molecule has 1 aromatic carbocycles. The second-order valence-electron chi connectivity index (χ2n) is 5.31. The van der Waals surface area contributed by atoms with Crippen LogP contribution in [-0.2, 0) is 0 Å². The molecule has 0 aliphatic carbocycles. The summed E-state index contributed by atoms with van der Waals surface area (Å²) in [5.41, 5.74) is 2.16. The number of fused-ring (bicyclic) bond motifs is 1. The number of anilines is 1.